The molecule has 3 heteroatoms. The van der Waals surface area contributed by atoms with Gasteiger partial charge in [-0.3, -0.25) is 0 Å². The highest BCUT2D eigenvalue weighted by Crippen LogP contribution is 2.22. The highest BCUT2D eigenvalue weighted by Gasteiger charge is 2.16. The van der Waals surface area contributed by atoms with Crippen LogP contribution in [0.25, 0.3) is 0 Å². The Morgan fingerprint density at radius 3 is 2.95 bits per heavy atom. The second-order valence-corrected chi connectivity index (χ2v) is 6.18. The van der Waals surface area contributed by atoms with Crippen molar-refractivity contribution in [1.82, 2.24) is 5.32 Å². The van der Waals surface area contributed by atoms with Gasteiger partial charge in [0.05, 0.1) is 13.2 Å². The van der Waals surface area contributed by atoms with Gasteiger partial charge in [0, 0.05) is 24.6 Å². The molecule has 1 aromatic rings. The summed E-state index contributed by atoms with van der Waals surface area (Å²) in [6.45, 7) is 11.0. The van der Waals surface area contributed by atoms with Gasteiger partial charge in [-0.15, -0.1) is 0 Å². The van der Waals surface area contributed by atoms with E-state index in [1.54, 1.807) is 0 Å². The Labute approximate surface area is 122 Å². The summed E-state index contributed by atoms with van der Waals surface area (Å²) in [5.74, 6) is 2.23. The summed E-state index contributed by atoms with van der Waals surface area (Å²) in [7, 11) is 0. The number of aryl methyl sites for hydroxylation is 1. The average molecular weight is 277 g/mol. The lowest BCUT2D eigenvalue weighted by Crippen LogP contribution is -2.20. The number of ether oxygens (including phenoxy) is 2. The molecule has 112 valence electrons. The van der Waals surface area contributed by atoms with Crippen LogP contribution in [-0.2, 0) is 11.3 Å². The molecule has 0 saturated carbocycles. The molecule has 1 fully saturated rings. The fraction of sp³-hybridized carbons (Fsp3) is 0.647. The van der Waals surface area contributed by atoms with Crippen molar-refractivity contribution in [1.29, 1.82) is 0 Å². The van der Waals surface area contributed by atoms with Crippen LogP contribution < -0.4 is 10.1 Å². The molecular weight excluding hydrogens is 250 g/mol. The Hall–Kier alpha value is -1.06. The first-order chi connectivity index (χ1) is 9.65. The first-order valence-corrected chi connectivity index (χ1v) is 7.66. The van der Waals surface area contributed by atoms with Crippen molar-refractivity contribution >= 4 is 0 Å². The Bertz CT molecular complexity index is 411. The van der Waals surface area contributed by atoms with Crippen LogP contribution in [0.15, 0.2) is 18.2 Å². The molecule has 1 aliphatic rings. The molecule has 0 amide bonds. The van der Waals surface area contributed by atoms with Crippen LogP contribution in [0.2, 0.25) is 0 Å². The lowest BCUT2D eigenvalue weighted by molar-refractivity contribution is 0.166. The Morgan fingerprint density at radius 1 is 1.40 bits per heavy atom. The van der Waals surface area contributed by atoms with E-state index in [1.807, 2.05) is 0 Å². The average Bonchev–Trinajstić information content (AvgIpc) is 2.90. The van der Waals surface area contributed by atoms with Crippen LogP contribution in [0.4, 0.5) is 0 Å². The third kappa shape index (κ3) is 4.80. The van der Waals surface area contributed by atoms with Crippen molar-refractivity contribution < 1.29 is 9.47 Å². The maximum atomic E-state index is 6.01. The lowest BCUT2D eigenvalue weighted by atomic mass is 10.1. The third-order valence-electron chi connectivity index (χ3n) is 3.58. The first-order valence-electron chi connectivity index (χ1n) is 7.66. The molecule has 1 aromatic carbocycles. The normalized spacial score (nSPS) is 18.7. The zero-order chi connectivity index (χ0) is 14.4. The van der Waals surface area contributed by atoms with Crippen molar-refractivity contribution in [2.45, 2.75) is 33.7 Å². The van der Waals surface area contributed by atoms with Crippen molar-refractivity contribution in [3.8, 4) is 5.75 Å². The van der Waals surface area contributed by atoms with E-state index >= 15 is 0 Å². The molecular formula is C17H27NO2. The second kappa shape index (κ2) is 7.65. The zero-order valence-corrected chi connectivity index (χ0v) is 12.9. The molecule has 1 N–H and O–H groups in total. The molecule has 1 heterocycles. The quantitative estimate of drug-likeness (QED) is 0.830. The first kappa shape index (κ1) is 15.3. The molecule has 0 bridgehead atoms. The highest BCUT2D eigenvalue weighted by molar-refractivity contribution is 5.36. The van der Waals surface area contributed by atoms with Gasteiger partial charge in [-0.25, -0.2) is 0 Å². The predicted octanol–water partition coefficient (Wildman–Crippen LogP) is 3.16. The Morgan fingerprint density at radius 2 is 2.25 bits per heavy atom. The molecule has 0 aromatic heterocycles. The molecule has 20 heavy (non-hydrogen) atoms. The number of hydrogen-bond acceptors (Lipinski definition) is 3. The van der Waals surface area contributed by atoms with Gasteiger partial charge >= 0.3 is 0 Å². The Balaban J connectivity index is 1.91. The SMILES string of the molecule is Cc1ccc(OCC2CCOC2)c(CNCC(C)C)c1. The standard InChI is InChI=1S/C17H27NO2/c1-13(2)9-18-10-16-8-14(3)4-5-17(16)20-12-15-6-7-19-11-15/h4-5,8,13,15,18H,6-7,9-12H2,1-3H3. The molecule has 1 atom stereocenters. The number of benzene rings is 1. The third-order valence-corrected chi connectivity index (χ3v) is 3.58. The zero-order valence-electron chi connectivity index (χ0n) is 12.9. The maximum absolute atomic E-state index is 6.01. The summed E-state index contributed by atoms with van der Waals surface area (Å²) in [6, 6.07) is 6.43. The van der Waals surface area contributed by atoms with E-state index in [0.717, 1.165) is 45.1 Å². The molecule has 3 nitrogen and oxygen atoms in total. The van der Waals surface area contributed by atoms with Crippen LogP contribution in [0, 0.1) is 18.8 Å². The molecule has 2 rings (SSSR count). The van der Waals surface area contributed by atoms with E-state index < -0.39 is 0 Å². The van der Waals surface area contributed by atoms with Crippen molar-refractivity contribution in [3.05, 3.63) is 29.3 Å². The Kier molecular flexibility index (Phi) is 5.86. The maximum Gasteiger partial charge on any atom is 0.123 e. The number of rotatable bonds is 7. The van der Waals surface area contributed by atoms with Crippen LogP contribution in [0.3, 0.4) is 0 Å². The monoisotopic (exact) mass is 277 g/mol. The summed E-state index contributed by atoms with van der Waals surface area (Å²) in [5.41, 5.74) is 2.53. The predicted molar refractivity (Wildman–Crippen MR) is 82.1 cm³/mol. The number of hydrogen-bond donors (Lipinski definition) is 1. The van der Waals surface area contributed by atoms with Crippen LogP contribution in [-0.4, -0.2) is 26.4 Å². The highest BCUT2D eigenvalue weighted by atomic mass is 16.5. The summed E-state index contributed by atoms with van der Waals surface area (Å²) < 4.78 is 11.4. The van der Waals surface area contributed by atoms with Gasteiger partial charge in [-0.1, -0.05) is 31.5 Å². The number of nitrogens with one attached hydrogen (secondary N) is 1. The summed E-state index contributed by atoms with van der Waals surface area (Å²) in [5, 5.41) is 3.49. The minimum atomic E-state index is 0.549. The van der Waals surface area contributed by atoms with Crippen LogP contribution >= 0.6 is 0 Å². The van der Waals surface area contributed by atoms with Crippen molar-refractivity contribution in [2.24, 2.45) is 11.8 Å². The summed E-state index contributed by atoms with van der Waals surface area (Å²) in [6.07, 6.45) is 1.12. The van der Waals surface area contributed by atoms with Crippen LogP contribution in [0.5, 0.6) is 5.75 Å². The lowest BCUT2D eigenvalue weighted by Gasteiger charge is -2.16. The van der Waals surface area contributed by atoms with E-state index in [9.17, 15) is 0 Å². The van der Waals surface area contributed by atoms with E-state index in [4.69, 9.17) is 9.47 Å². The van der Waals surface area contributed by atoms with Crippen molar-refractivity contribution in [3.63, 3.8) is 0 Å². The molecule has 0 aliphatic carbocycles. The van der Waals surface area contributed by atoms with Crippen molar-refractivity contribution in [2.75, 3.05) is 26.4 Å². The second-order valence-electron chi connectivity index (χ2n) is 6.18. The largest absolute Gasteiger partial charge is 0.493 e. The minimum Gasteiger partial charge on any atom is -0.493 e. The summed E-state index contributed by atoms with van der Waals surface area (Å²) >= 11 is 0. The van der Waals surface area contributed by atoms with E-state index in [0.29, 0.717) is 11.8 Å². The summed E-state index contributed by atoms with van der Waals surface area (Å²) in [4.78, 5) is 0. The molecule has 1 saturated heterocycles. The van der Waals surface area contributed by atoms with Gasteiger partial charge < -0.3 is 14.8 Å². The van der Waals surface area contributed by atoms with E-state index in [2.05, 4.69) is 44.3 Å². The van der Waals surface area contributed by atoms with Gasteiger partial charge in [0.15, 0.2) is 0 Å². The van der Waals surface area contributed by atoms with Crippen LogP contribution in [0.1, 0.15) is 31.4 Å². The van der Waals surface area contributed by atoms with Gasteiger partial charge in [-0.05, 0) is 31.9 Å². The van der Waals surface area contributed by atoms with Gasteiger partial charge in [0.25, 0.3) is 0 Å². The smallest absolute Gasteiger partial charge is 0.123 e. The van der Waals surface area contributed by atoms with Gasteiger partial charge in [-0.2, -0.15) is 0 Å². The minimum absolute atomic E-state index is 0.549. The van der Waals surface area contributed by atoms with Gasteiger partial charge in [0.2, 0.25) is 0 Å². The fourth-order valence-electron chi connectivity index (χ4n) is 2.41. The van der Waals surface area contributed by atoms with E-state index in [-0.39, 0.29) is 0 Å². The fourth-order valence-corrected chi connectivity index (χ4v) is 2.41. The molecule has 0 radical (unpaired) electrons. The molecule has 0 spiro atoms. The van der Waals surface area contributed by atoms with Gasteiger partial charge in [0.1, 0.15) is 5.75 Å². The molecule has 1 unspecified atom stereocenters. The van der Waals surface area contributed by atoms with E-state index in [1.165, 1.54) is 11.1 Å². The topological polar surface area (TPSA) is 30.5 Å². The molecule has 1 aliphatic heterocycles.